The van der Waals surface area contributed by atoms with Crippen LogP contribution in [-0.4, -0.2) is 12.1 Å². The lowest BCUT2D eigenvalue weighted by molar-refractivity contribution is -0.146. The molecule has 1 heterocycles. The molecule has 1 aliphatic heterocycles. The number of rotatable bonds is 2. The lowest BCUT2D eigenvalue weighted by Crippen LogP contribution is -2.10. The van der Waals surface area contributed by atoms with Crippen LogP contribution in [0.5, 0.6) is 0 Å². The fourth-order valence-corrected chi connectivity index (χ4v) is 1.67. The van der Waals surface area contributed by atoms with Gasteiger partial charge in [-0.2, -0.15) is 13.2 Å². The number of benzene rings is 1. The van der Waals surface area contributed by atoms with E-state index in [1.807, 2.05) is 0 Å². The van der Waals surface area contributed by atoms with E-state index in [0.717, 1.165) is 0 Å². The fraction of sp³-hybridized carbons (Fsp3) is 0.250. The van der Waals surface area contributed by atoms with Gasteiger partial charge in [-0.15, -0.1) is 0 Å². The highest BCUT2D eigenvalue weighted by Gasteiger charge is 2.36. The summed E-state index contributed by atoms with van der Waals surface area (Å²) in [4.78, 5) is 11.4. The quantitative estimate of drug-likeness (QED) is 0.744. The number of carbonyl (C=O) groups is 1. The van der Waals surface area contributed by atoms with Crippen LogP contribution in [0.15, 0.2) is 42.2 Å². The Labute approximate surface area is 95.7 Å². The lowest BCUT2D eigenvalue weighted by Gasteiger charge is -2.05. The van der Waals surface area contributed by atoms with Crippen molar-refractivity contribution in [3.8, 4) is 0 Å². The van der Waals surface area contributed by atoms with Crippen molar-refractivity contribution in [2.24, 2.45) is 0 Å². The maximum Gasteiger partial charge on any atom is 0.396 e. The number of hydrogen-bond acceptors (Lipinski definition) is 2. The molecule has 2 rings (SSSR count). The van der Waals surface area contributed by atoms with Gasteiger partial charge >= 0.3 is 12.1 Å². The molecule has 1 atom stereocenters. The predicted molar refractivity (Wildman–Crippen MR) is 54.0 cm³/mol. The first-order valence-electron chi connectivity index (χ1n) is 5.00. The first-order chi connectivity index (χ1) is 7.96. The summed E-state index contributed by atoms with van der Waals surface area (Å²) < 4.78 is 41.0. The van der Waals surface area contributed by atoms with E-state index in [9.17, 15) is 18.0 Å². The number of alkyl halides is 3. The molecule has 5 heteroatoms. The second-order valence-electron chi connectivity index (χ2n) is 3.73. The van der Waals surface area contributed by atoms with E-state index in [2.05, 4.69) is 4.74 Å². The largest absolute Gasteiger partial charge is 0.430 e. The second kappa shape index (κ2) is 4.24. The van der Waals surface area contributed by atoms with Gasteiger partial charge in [0.2, 0.25) is 0 Å². The Balaban J connectivity index is 2.18. The summed E-state index contributed by atoms with van der Waals surface area (Å²) >= 11 is 0. The van der Waals surface area contributed by atoms with Crippen LogP contribution in [0.3, 0.4) is 0 Å². The Hall–Kier alpha value is -1.78. The Bertz CT molecular complexity index is 449. The van der Waals surface area contributed by atoms with Crippen LogP contribution in [0.1, 0.15) is 17.9 Å². The molecule has 90 valence electrons. The minimum absolute atomic E-state index is 0.323. The molecule has 1 aromatic rings. The van der Waals surface area contributed by atoms with Crippen molar-refractivity contribution < 1.29 is 22.7 Å². The van der Waals surface area contributed by atoms with Crippen molar-refractivity contribution in [1.29, 1.82) is 0 Å². The van der Waals surface area contributed by atoms with Crippen molar-refractivity contribution in [1.82, 2.24) is 0 Å². The molecular formula is C12H9F3O2. The van der Waals surface area contributed by atoms with Crippen molar-refractivity contribution in [3.63, 3.8) is 0 Å². The summed E-state index contributed by atoms with van der Waals surface area (Å²) in [6.45, 7) is 0. The molecular weight excluding hydrogens is 233 g/mol. The van der Waals surface area contributed by atoms with Gasteiger partial charge in [0.1, 0.15) is 18.1 Å². The molecule has 0 aliphatic carbocycles. The Kier molecular flexibility index (Phi) is 2.92. The van der Waals surface area contributed by atoms with Gasteiger partial charge in [-0.3, -0.25) is 4.79 Å². The summed E-state index contributed by atoms with van der Waals surface area (Å²) in [7, 11) is 0. The molecule has 0 saturated heterocycles. The number of cyclic esters (lactones) is 1. The molecule has 0 aromatic heterocycles. The van der Waals surface area contributed by atoms with Crippen molar-refractivity contribution in [3.05, 3.63) is 47.7 Å². The number of carbonyl (C=O) groups excluding carboxylic acids is 1. The van der Waals surface area contributed by atoms with E-state index in [4.69, 9.17) is 0 Å². The van der Waals surface area contributed by atoms with Crippen LogP contribution < -0.4 is 0 Å². The van der Waals surface area contributed by atoms with E-state index < -0.39 is 24.5 Å². The highest BCUT2D eigenvalue weighted by atomic mass is 19.4. The van der Waals surface area contributed by atoms with E-state index >= 15 is 0 Å². The zero-order valence-corrected chi connectivity index (χ0v) is 8.70. The first kappa shape index (κ1) is 11.7. The highest BCUT2D eigenvalue weighted by molar-refractivity contribution is 5.84. The third-order valence-corrected chi connectivity index (χ3v) is 2.37. The van der Waals surface area contributed by atoms with Crippen molar-refractivity contribution >= 4 is 5.97 Å². The zero-order valence-electron chi connectivity index (χ0n) is 8.70. The SMILES string of the molecule is O=C1OC(CC(F)(F)F)=CC1c1ccccc1. The van der Waals surface area contributed by atoms with Crippen LogP contribution in [0, 0.1) is 0 Å². The minimum Gasteiger partial charge on any atom is -0.430 e. The molecule has 17 heavy (non-hydrogen) atoms. The summed E-state index contributed by atoms with van der Waals surface area (Å²) in [6, 6.07) is 8.57. The molecule has 0 radical (unpaired) electrons. The molecule has 0 bridgehead atoms. The van der Waals surface area contributed by atoms with Crippen molar-refractivity contribution in [2.45, 2.75) is 18.5 Å². The third-order valence-electron chi connectivity index (χ3n) is 2.37. The average Bonchev–Trinajstić information content (AvgIpc) is 2.58. The van der Waals surface area contributed by atoms with Gasteiger partial charge in [-0.1, -0.05) is 30.3 Å². The van der Waals surface area contributed by atoms with Gasteiger partial charge < -0.3 is 4.74 Å². The first-order valence-corrected chi connectivity index (χ1v) is 5.00. The number of halogens is 3. The summed E-state index contributed by atoms with van der Waals surface area (Å²) in [6.07, 6.45) is -4.34. The number of hydrogen-bond donors (Lipinski definition) is 0. The molecule has 0 fully saturated rings. The molecule has 1 aliphatic rings. The minimum atomic E-state index is -4.36. The maximum absolute atomic E-state index is 12.1. The van der Waals surface area contributed by atoms with Crippen LogP contribution in [0.4, 0.5) is 13.2 Å². The normalized spacial score (nSPS) is 20.1. The summed E-state index contributed by atoms with van der Waals surface area (Å²) in [5, 5.41) is 0. The Morgan fingerprint density at radius 1 is 1.18 bits per heavy atom. The van der Waals surface area contributed by atoms with Crippen molar-refractivity contribution in [2.75, 3.05) is 0 Å². The molecule has 0 spiro atoms. The number of ether oxygens (including phenoxy) is 1. The summed E-state index contributed by atoms with van der Waals surface area (Å²) in [5.74, 6) is -1.71. The van der Waals surface area contributed by atoms with Gasteiger partial charge in [-0.25, -0.2) is 0 Å². The highest BCUT2D eigenvalue weighted by Crippen LogP contribution is 2.33. The Morgan fingerprint density at radius 3 is 2.41 bits per heavy atom. The molecule has 1 unspecified atom stereocenters. The molecule has 2 nitrogen and oxygen atoms in total. The van der Waals surface area contributed by atoms with Gasteiger partial charge in [0, 0.05) is 0 Å². The predicted octanol–water partition coefficient (Wildman–Crippen LogP) is 3.16. The van der Waals surface area contributed by atoms with E-state index in [1.54, 1.807) is 30.3 Å². The average molecular weight is 242 g/mol. The van der Waals surface area contributed by atoms with E-state index in [-0.39, 0.29) is 5.76 Å². The van der Waals surface area contributed by atoms with Crippen LogP contribution >= 0.6 is 0 Å². The van der Waals surface area contributed by atoms with E-state index in [1.165, 1.54) is 6.08 Å². The van der Waals surface area contributed by atoms with E-state index in [0.29, 0.717) is 5.56 Å². The molecule has 0 amide bonds. The molecule has 0 saturated carbocycles. The van der Waals surface area contributed by atoms with Gasteiger partial charge in [0.15, 0.2) is 0 Å². The smallest absolute Gasteiger partial charge is 0.396 e. The lowest BCUT2D eigenvalue weighted by atomic mass is 10.00. The monoisotopic (exact) mass is 242 g/mol. The fourth-order valence-electron chi connectivity index (χ4n) is 1.67. The number of esters is 1. The Morgan fingerprint density at radius 2 is 1.82 bits per heavy atom. The standard InChI is InChI=1S/C12H9F3O2/c13-12(14,15)7-9-6-10(11(16)17-9)8-4-2-1-3-5-8/h1-6,10H,7H2. The third kappa shape index (κ3) is 2.87. The zero-order chi connectivity index (χ0) is 12.5. The van der Waals surface area contributed by atoms with Crippen LogP contribution in [-0.2, 0) is 9.53 Å². The molecule has 0 N–H and O–H groups in total. The van der Waals surface area contributed by atoms with Gasteiger partial charge in [0.05, 0.1) is 0 Å². The number of allylic oxidation sites excluding steroid dienone is 1. The topological polar surface area (TPSA) is 26.3 Å². The van der Waals surface area contributed by atoms with Crippen LogP contribution in [0.25, 0.3) is 0 Å². The van der Waals surface area contributed by atoms with Crippen LogP contribution in [0.2, 0.25) is 0 Å². The van der Waals surface area contributed by atoms with Gasteiger partial charge in [-0.05, 0) is 11.6 Å². The molecule has 1 aromatic carbocycles. The maximum atomic E-state index is 12.1. The van der Waals surface area contributed by atoms with Gasteiger partial charge in [0.25, 0.3) is 0 Å². The summed E-state index contributed by atoms with van der Waals surface area (Å²) in [5.41, 5.74) is 0.634. The second-order valence-corrected chi connectivity index (χ2v) is 3.73.